The van der Waals surface area contributed by atoms with Crippen LogP contribution in [0.15, 0.2) is 35.0 Å². The summed E-state index contributed by atoms with van der Waals surface area (Å²) in [5, 5.41) is 11.1. The highest BCUT2D eigenvalue weighted by atomic mass is 35.5. The summed E-state index contributed by atoms with van der Waals surface area (Å²) in [5.74, 6) is 0.618. The first-order valence-corrected chi connectivity index (χ1v) is 7.10. The highest BCUT2D eigenvalue weighted by Crippen LogP contribution is 2.46. The second-order valence-corrected chi connectivity index (χ2v) is 5.51. The minimum atomic E-state index is -0.0466. The third kappa shape index (κ3) is 2.36. The van der Waals surface area contributed by atoms with Crippen molar-refractivity contribution in [1.82, 2.24) is 0 Å². The number of halogens is 1. The number of aryl methyl sites for hydroxylation is 1. The Bertz CT molecular complexity index is 706. The Morgan fingerprint density at radius 2 is 2.19 bits per heavy atom. The van der Waals surface area contributed by atoms with E-state index in [0.717, 1.165) is 12.0 Å². The minimum absolute atomic E-state index is 0.0453. The van der Waals surface area contributed by atoms with Gasteiger partial charge in [0.05, 0.1) is 29.4 Å². The number of ether oxygens (including phenoxy) is 1. The van der Waals surface area contributed by atoms with Crippen molar-refractivity contribution < 1.29 is 14.3 Å². The lowest BCUT2D eigenvalue weighted by Crippen LogP contribution is -2.07. The molecule has 110 valence electrons. The van der Waals surface area contributed by atoms with Gasteiger partial charge < -0.3 is 20.0 Å². The van der Waals surface area contributed by atoms with Gasteiger partial charge in [-0.3, -0.25) is 0 Å². The topological polar surface area (TPSA) is 68.6 Å². The zero-order valence-electron chi connectivity index (χ0n) is 11.6. The summed E-state index contributed by atoms with van der Waals surface area (Å²) in [7, 11) is 0. The van der Waals surface area contributed by atoms with Crippen molar-refractivity contribution in [2.45, 2.75) is 19.3 Å². The molecule has 0 saturated carbocycles. The maximum atomic E-state index is 10.5. The summed E-state index contributed by atoms with van der Waals surface area (Å²) >= 11 is 6.32. The normalized spacial score (nSPS) is 17.7. The summed E-state index contributed by atoms with van der Waals surface area (Å²) in [6, 6.07) is 5.59. The molecule has 1 unspecified atom stereocenters. The van der Waals surface area contributed by atoms with E-state index < -0.39 is 0 Å². The molecule has 0 aliphatic carbocycles. The largest absolute Gasteiger partial charge is 0.504 e. The van der Waals surface area contributed by atoms with Gasteiger partial charge in [0.15, 0.2) is 11.5 Å². The maximum absolute atomic E-state index is 10.5. The third-order valence-corrected chi connectivity index (χ3v) is 4.18. The Hall–Kier alpha value is -2.07. The molecule has 1 aromatic heterocycles. The molecule has 2 aromatic rings. The molecule has 1 aromatic carbocycles. The summed E-state index contributed by atoms with van der Waals surface area (Å²) in [5.41, 5.74) is 8.00. The van der Waals surface area contributed by atoms with Crippen LogP contribution in [0, 0.1) is 6.92 Å². The van der Waals surface area contributed by atoms with Crippen LogP contribution >= 0.6 is 11.6 Å². The molecule has 4 nitrogen and oxygen atoms in total. The van der Waals surface area contributed by atoms with Gasteiger partial charge in [-0.1, -0.05) is 29.8 Å². The second kappa shape index (κ2) is 5.37. The van der Waals surface area contributed by atoms with Gasteiger partial charge >= 0.3 is 0 Å². The van der Waals surface area contributed by atoms with Crippen molar-refractivity contribution >= 4 is 17.5 Å². The summed E-state index contributed by atoms with van der Waals surface area (Å²) < 4.78 is 10.9. The second-order valence-electron chi connectivity index (χ2n) is 5.13. The van der Waals surface area contributed by atoms with Gasteiger partial charge in [0.25, 0.3) is 0 Å². The Morgan fingerprint density at radius 3 is 2.90 bits per heavy atom. The molecule has 1 atom stereocenters. The van der Waals surface area contributed by atoms with E-state index in [9.17, 15) is 5.11 Å². The van der Waals surface area contributed by atoms with E-state index >= 15 is 0 Å². The van der Waals surface area contributed by atoms with Crippen molar-refractivity contribution in [3.05, 3.63) is 46.9 Å². The number of rotatable bonds is 2. The summed E-state index contributed by atoms with van der Waals surface area (Å²) in [6.45, 7) is 2.36. The average Bonchev–Trinajstić information content (AvgIpc) is 2.78. The molecule has 21 heavy (non-hydrogen) atoms. The number of furan rings is 1. The number of nitrogens with two attached hydrogens (primary N) is 1. The molecule has 0 bridgehead atoms. The fourth-order valence-corrected chi connectivity index (χ4v) is 2.77. The van der Waals surface area contributed by atoms with E-state index in [4.69, 9.17) is 26.5 Å². The van der Waals surface area contributed by atoms with Gasteiger partial charge in [0.2, 0.25) is 5.88 Å². The first-order chi connectivity index (χ1) is 10.1. The molecule has 0 radical (unpaired) electrons. The van der Waals surface area contributed by atoms with Crippen LogP contribution in [0.3, 0.4) is 0 Å². The molecule has 1 aliphatic heterocycles. The van der Waals surface area contributed by atoms with Crippen LogP contribution in [0.2, 0.25) is 5.02 Å². The van der Waals surface area contributed by atoms with E-state index in [1.54, 1.807) is 6.26 Å². The number of benzene rings is 1. The first kappa shape index (κ1) is 13.9. The molecule has 1 aliphatic rings. The summed E-state index contributed by atoms with van der Waals surface area (Å²) in [6.07, 6.45) is 4.28. The predicted octanol–water partition coefficient (Wildman–Crippen LogP) is 4.21. The predicted molar refractivity (Wildman–Crippen MR) is 82.4 cm³/mol. The number of anilines is 1. The number of hydrogen-bond acceptors (Lipinski definition) is 4. The molecule has 5 heteroatoms. The lowest BCUT2D eigenvalue weighted by Gasteiger charge is -2.16. The van der Waals surface area contributed by atoms with E-state index in [-0.39, 0.29) is 17.6 Å². The van der Waals surface area contributed by atoms with Crippen LogP contribution in [0.4, 0.5) is 5.88 Å². The number of hydrogen-bond donors (Lipinski definition) is 2. The van der Waals surface area contributed by atoms with Gasteiger partial charge in [-0.15, -0.1) is 0 Å². The standard InChI is InChI=1S/C16H16ClNO3/c1-9-4-2-6-11(13(9)17)12-14(19)15(21-16(12)18)10-5-3-7-20-8-10/h2-4,6-7,10,19H,5,8,18H2,1H3. The Labute approximate surface area is 127 Å². The zero-order chi connectivity index (χ0) is 15.0. The van der Waals surface area contributed by atoms with Crippen molar-refractivity contribution in [1.29, 1.82) is 0 Å². The van der Waals surface area contributed by atoms with E-state index in [1.807, 2.05) is 31.2 Å². The van der Waals surface area contributed by atoms with Crippen molar-refractivity contribution in [3.63, 3.8) is 0 Å². The van der Waals surface area contributed by atoms with Crippen LogP contribution < -0.4 is 5.73 Å². The molecule has 3 rings (SSSR count). The Balaban J connectivity index is 2.10. The molecule has 0 spiro atoms. The van der Waals surface area contributed by atoms with Crippen LogP contribution in [0.5, 0.6) is 5.75 Å². The van der Waals surface area contributed by atoms with Crippen LogP contribution in [0.25, 0.3) is 11.1 Å². The Kier molecular flexibility index (Phi) is 3.55. The van der Waals surface area contributed by atoms with Gasteiger partial charge in [-0.2, -0.15) is 0 Å². The molecule has 0 amide bonds. The smallest absolute Gasteiger partial charge is 0.202 e. The zero-order valence-corrected chi connectivity index (χ0v) is 12.4. The van der Waals surface area contributed by atoms with E-state index in [2.05, 4.69) is 0 Å². The highest BCUT2D eigenvalue weighted by Gasteiger charge is 2.28. The molecule has 2 heterocycles. The van der Waals surface area contributed by atoms with Crippen LogP contribution in [-0.2, 0) is 4.74 Å². The molecule has 0 saturated heterocycles. The SMILES string of the molecule is Cc1cccc(-c2c(N)oc(C3CC=COC3)c2O)c1Cl. The van der Waals surface area contributed by atoms with Gasteiger partial charge in [-0.25, -0.2) is 0 Å². The molecular weight excluding hydrogens is 290 g/mol. The third-order valence-electron chi connectivity index (χ3n) is 3.68. The number of allylic oxidation sites excluding steroid dienone is 1. The quantitative estimate of drug-likeness (QED) is 0.872. The maximum Gasteiger partial charge on any atom is 0.202 e. The van der Waals surface area contributed by atoms with E-state index in [0.29, 0.717) is 28.5 Å². The average molecular weight is 306 g/mol. The van der Waals surface area contributed by atoms with Crippen molar-refractivity contribution in [2.24, 2.45) is 0 Å². The Morgan fingerprint density at radius 1 is 1.38 bits per heavy atom. The fourth-order valence-electron chi connectivity index (χ4n) is 2.55. The minimum Gasteiger partial charge on any atom is -0.504 e. The lowest BCUT2D eigenvalue weighted by molar-refractivity contribution is 0.196. The highest BCUT2D eigenvalue weighted by molar-refractivity contribution is 6.34. The van der Waals surface area contributed by atoms with Crippen LogP contribution in [-0.4, -0.2) is 11.7 Å². The van der Waals surface area contributed by atoms with Gasteiger partial charge in [0.1, 0.15) is 0 Å². The van der Waals surface area contributed by atoms with E-state index in [1.165, 1.54) is 0 Å². The monoisotopic (exact) mass is 305 g/mol. The van der Waals surface area contributed by atoms with Gasteiger partial charge in [-0.05, 0) is 25.0 Å². The molecule has 0 fully saturated rings. The lowest BCUT2D eigenvalue weighted by atomic mass is 9.98. The van der Waals surface area contributed by atoms with Crippen LogP contribution in [0.1, 0.15) is 23.7 Å². The van der Waals surface area contributed by atoms with Crippen molar-refractivity contribution in [2.75, 3.05) is 12.3 Å². The number of nitrogen functional groups attached to an aromatic ring is 1. The first-order valence-electron chi connectivity index (χ1n) is 6.72. The summed E-state index contributed by atoms with van der Waals surface area (Å²) in [4.78, 5) is 0. The molecule has 3 N–H and O–H groups in total. The fraction of sp³-hybridized carbons (Fsp3) is 0.250. The van der Waals surface area contributed by atoms with Crippen molar-refractivity contribution in [3.8, 4) is 16.9 Å². The molecular formula is C16H16ClNO3. The number of aromatic hydroxyl groups is 1. The van der Waals surface area contributed by atoms with Gasteiger partial charge in [0, 0.05) is 5.56 Å².